The lowest BCUT2D eigenvalue weighted by molar-refractivity contribution is -0.106. The second kappa shape index (κ2) is 3.83. The van der Waals surface area contributed by atoms with Gasteiger partial charge in [0.05, 0.1) is 5.70 Å². The number of rotatable bonds is 3. The van der Waals surface area contributed by atoms with E-state index in [0.29, 0.717) is 5.70 Å². The minimum Gasteiger partial charge on any atom is -0.296 e. The topological polar surface area (TPSA) is 32.7 Å². The lowest BCUT2D eigenvalue weighted by Crippen LogP contribution is -2.09. The van der Waals surface area contributed by atoms with E-state index in [4.69, 9.17) is 0 Å². The van der Waals surface area contributed by atoms with Crippen LogP contribution in [0.3, 0.4) is 0 Å². The maximum Gasteiger partial charge on any atom is 0.167 e. The molecule has 0 unspecified atom stereocenters. The van der Waals surface area contributed by atoms with Gasteiger partial charge in [0.15, 0.2) is 6.29 Å². The Morgan fingerprint density at radius 1 is 1.78 bits per heavy atom. The Kier molecular flexibility index (Phi) is 3.35. The average Bonchev–Trinajstić information content (AvgIpc) is 1.90. The normalized spacial score (nSPS) is 10.7. The molecule has 50 valence electrons. The smallest absolute Gasteiger partial charge is 0.167 e. The van der Waals surface area contributed by atoms with Crippen molar-refractivity contribution >= 4 is 13.0 Å². The van der Waals surface area contributed by atoms with E-state index in [1.807, 2.05) is 0 Å². The quantitative estimate of drug-likeness (QED) is 0.240. The van der Waals surface area contributed by atoms with Gasteiger partial charge in [0.2, 0.25) is 0 Å². The third-order valence-corrected chi connectivity index (χ3v) is 1.00. The number of carbonyl (C=O) groups is 1. The van der Waals surface area contributed by atoms with Crippen LogP contribution in [0.5, 0.6) is 0 Å². The molecule has 0 rings (SSSR count). The van der Waals surface area contributed by atoms with Crippen LogP contribution in [0.4, 0.5) is 0 Å². The van der Waals surface area contributed by atoms with Crippen LogP contribution in [0.2, 0.25) is 0 Å². The van der Waals surface area contributed by atoms with E-state index < -0.39 is 0 Å². The molecule has 0 atom stereocenters. The lowest BCUT2D eigenvalue weighted by atomic mass is 10.4. The highest BCUT2D eigenvalue weighted by Gasteiger charge is 1.95. The van der Waals surface area contributed by atoms with Crippen molar-refractivity contribution in [2.45, 2.75) is 6.92 Å². The molecule has 3 heteroatoms. The minimum atomic E-state index is 0.519. The van der Waals surface area contributed by atoms with Gasteiger partial charge in [0.25, 0.3) is 0 Å². The van der Waals surface area contributed by atoms with Crippen molar-refractivity contribution in [3.05, 3.63) is 11.8 Å². The van der Waals surface area contributed by atoms with Crippen LogP contribution in [0.25, 0.3) is 0 Å². The highest BCUT2D eigenvalue weighted by atomic mass is 16.1. The first-order valence-corrected chi connectivity index (χ1v) is 2.58. The molecule has 0 saturated carbocycles. The van der Waals surface area contributed by atoms with Crippen molar-refractivity contribution in [1.82, 2.24) is 5.01 Å². The van der Waals surface area contributed by atoms with Crippen LogP contribution in [0.1, 0.15) is 6.92 Å². The van der Waals surface area contributed by atoms with Gasteiger partial charge in [-0.15, -0.1) is 0 Å². The molecule has 0 saturated heterocycles. The first-order chi connectivity index (χ1) is 4.26. The number of hydrogen-bond acceptors (Lipinski definition) is 3. The molecule has 0 aliphatic heterocycles. The number of hydrazone groups is 1. The van der Waals surface area contributed by atoms with Crippen LogP contribution < -0.4 is 0 Å². The maximum atomic E-state index is 10.1. The summed E-state index contributed by atoms with van der Waals surface area (Å²) in [6.07, 6.45) is 2.40. The van der Waals surface area contributed by atoms with E-state index >= 15 is 0 Å². The molecule has 0 N–H and O–H groups in total. The third kappa shape index (κ3) is 2.08. The van der Waals surface area contributed by atoms with Crippen LogP contribution in [-0.2, 0) is 4.79 Å². The molecule has 0 aromatic rings. The van der Waals surface area contributed by atoms with Crippen molar-refractivity contribution in [2.24, 2.45) is 5.10 Å². The van der Waals surface area contributed by atoms with Gasteiger partial charge in [-0.1, -0.05) is 6.08 Å². The minimum absolute atomic E-state index is 0.519. The average molecular weight is 126 g/mol. The van der Waals surface area contributed by atoms with E-state index in [9.17, 15) is 4.79 Å². The first-order valence-electron chi connectivity index (χ1n) is 2.58. The molecule has 3 nitrogen and oxygen atoms in total. The maximum absolute atomic E-state index is 10.1. The van der Waals surface area contributed by atoms with Crippen molar-refractivity contribution in [1.29, 1.82) is 0 Å². The molecule has 0 bridgehead atoms. The summed E-state index contributed by atoms with van der Waals surface area (Å²) in [7, 11) is 1.66. The van der Waals surface area contributed by atoms with Crippen LogP contribution in [-0.4, -0.2) is 25.1 Å². The third-order valence-electron chi connectivity index (χ3n) is 1.00. The zero-order chi connectivity index (χ0) is 7.28. The fraction of sp³-hybridized carbons (Fsp3) is 0.333. The number of nitrogens with zero attached hydrogens (tertiary/aromatic N) is 2. The summed E-state index contributed by atoms with van der Waals surface area (Å²) in [6, 6.07) is 0. The number of hydrogen-bond donors (Lipinski definition) is 0. The molecule has 0 spiro atoms. The Morgan fingerprint density at radius 3 is 2.44 bits per heavy atom. The lowest BCUT2D eigenvalue weighted by Gasteiger charge is -2.08. The molecule has 0 radical (unpaired) electrons. The summed E-state index contributed by atoms with van der Waals surface area (Å²) in [6.45, 7) is 5.02. The SMILES string of the molecule is C=NN(C)/C(C=O)=C\C. The summed E-state index contributed by atoms with van der Waals surface area (Å²) in [5.74, 6) is 0. The van der Waals surface area contributed by atoms with Gasteiger partial charge in [-0.3, -0.25) is 9.80 Å². The first kappa shape index (κ1) is 7.88. The zero-order valence-electron chi connectivity index (χ0n) is 5.66. The number of aldehydes is 1. The van der Waals surface area contributed by atoms with Gasteiger partial charge in [0.1, 0.15) is 0 Å². The largest absolute Gasteiger partial charge is 0.296 e. The highest BCUT2D eigenvalue weighted by Crippen LogP contribution is 1.95. The summed E-state index contributed by atoms with van der Waals surface area (Å²) in [5, 5.41) is 4.92. The van der Waals surface area contributed by atoms with Gasteiger partial charge in [-0.05, 0) is 6.92 Å². The summed E-state index contributed by atoms with van der Waals surface area (Å²) in [4.78, 5) is 10.1. The van der Waals surface area contributed by atoms with Gasteiger partial charge in [0, 0.05) is 13.8 Å². The molecule has 0 aliphatic carbocycles. The molecule has 0 aromatic carbocycles. The van der Waals surface area contributed by atoms with Gasteiger partial charge in [-0.2, -0.15) is 5.10 Å². The second-order valence-electron chi connectivity index (χ2n) is 1.50. The van der Waals surface area contributed by atoms with Gasteiger partial charge >= 0.3 is 0 Å². The molecular formula is C6H10N2O. The Hall–Kier alpha value is -1.12. The van der Waals surface area contributed by atoms with Crippen molar-refractivity contribution in [3.63, 3.8) is 0 Å². The monoisotopic (exact) mass is 126 g/mol. The standard InChI is InChI=1S/C6H10N2O/c1-4-6(5-9)8(3)7-2/h4-5H,2H2,1,3H3/b6-4-. The van der Waals surface area contributed by atoms with Gasteiger partial charge in [-0.25, -0.2) is 0 Å². The van der Waals surface area contributed by atoms with Crippen LogP contribution >= 0.6 is 0 Å². The Morgan fingerprint density at radius 2 is 2.33 bits per heavy atom. The van der Waals surface area contributed by atoms with Crippen LogP contribution in [0, 0.1) is 0 Å². The molecule has 9 heavy (non-hydrogen) atoms. The summed E-state index contributed by atoms with van der Waals surface area (Å²) >= 11 is 0. The molecule has 0 fully saturated rings. The number of allylic oxidation sites excluding steroid dienone is 2. The predicted octanol–water partition coefficient (Wildman–Crippen LogP) is 0.636. The van der Waals surface area contributed by atoms with Crippen molar-refractivity contribution in [3.8, 4) is 0 Å². The summed E-state index contributed by atoms with van der Waals surface area (Å²) in [5.41, 5.74) is 0.519. The Balaban J connectivity index is 4.11. The molecule has 0 heterocycles. The van der Waals surface area contributed by atoms with Crippen molar-refractivity contribution < 1.29 is 4.79 Å². The fourth-order valence-corrected chi connectivity index (χ4v) is 0.413. The Labute approximate surface area is 54.7 Å². The van der Waals surface area contributed by atoms with Crippen LogP contribution in [0.15, 0.2) is 16.9 Å². The number of likely N-dealkylation sites (N-methyl/N-ethyl adjacent to an activating group) is 1. The molecule has 0 aliphatic rings. The molecule has 0 amide bonds. The predicted molar refractivity (Wildman–Crippen MR) is 37.1 cm³/mol. The van der Waals surface area contributed by atoms with E-state index in [1.165, 1.54) is 5.01 Å². The van der Waals surface area contributed by atoms with E-state index in [2.05, 4.69) is 11.8 Å². The molecular weight excluding hydrogens is 116 g/mol. The highest BCUT2D eigenvalue weighted by molar-refractivity contribution is 5.71. The van der Waals surface area contributed by atoms with E-state index in [-0.39, 0.29) is 0 Å². The fourth-order valence-electron chi connectivity index (χ4n) is 0.413. The Bertz CT molecular complexity index is 140. The van der Waals surface area contributed by atoms with E-state index in [0.717, 1.165) is 6.29 Å². The van der Waals surface area contributed by atoms with Crippen molar-refractivity contribution in [2.75, 3.05) is 7.05 Å². The number of carbonyl (C=O) groups excluding carboxylic acids is 1. The summed E-state index contributed by atoms with van der Waals surface area (Å²) < 4.78 is 0. The molecule has 0 aromatic heterocycles. The zero-order valence-corrected chi connectivity index (χ0v) is 5.66. The second-order valence-corrected chi connectivity index (χ2v) is 1.50. The van der Waals surface area contributed by atoms with Gasteiger partial charge < -0.3 is 0 Å². The van der Waals surface area contributed by atoms with E-state index in [1.54, 1.807) is 20.0 Å².